The Hall–Kier alpha value is -1.07. The Morgan fingerprint density at radius 3 is 2.52 bits per heavy atom. The van der Waals surface area contributed by atoms with E-state index in [1.165, 1.54) is 31.4 Å². The van der Waals surface area contributed by atoms with Gasteiger partial charge in [-0.15, -0.1) is 0 Å². The normalized spacial score (nSPS) is 18.7. The van der Waals surface area contributed by atoms with E-state index in [0.717, 1.165) is 25.7 Å². The molecule has 1 aromatic carbocycles. The quantitative estimate of drug-likeness (QED) is 0.821. The van der Waals surface area contributed by atoms with E-state index in [1.54, 1.807) is 13.2 Å². The summed E-state index contributed by atoms with van der Waals surface area (Å²) in [4.78, 5) is 2.34. The Balaban J connectivity index is 1.97. The number of methoxy groups -OCH3 is 1. The van der Waals surface area contributed by atoms with E-state index in [0.29, 0.717) is 12.0 Å². The summed E-state index contributed by atoms with van der Waals surface area (Å²) in [5.41, 5.74) is 0.0847. The molecule has 0 spiro atoms. The summed E-state index contributed by atoms with van der Waals surface area (Å²) in [6, 6.07) is 5.53. The van der Waals surface area contributed by atoms with Gasteiger partial charge in [-0.1, -0.05) is 24.6 Å². The van der Waals surface area contributed by atoms with Gasteiger partial charge in [-0.05, 0) is 44.0 Å². The fourth-order valence-corrected chi connectivity index (χ4v) is 2.79. The first-order valence-electron chi connectivity index (χ1n) is 7.40. The number of nitrogens with zero attached hydrogens (tertiary/aromatic N) is 1. The summed E-state index contributed by atoms with van der Waals surface area (Å²) in [5, 5.41) is 0. The molecule has 1 saturated heterocycles. The maximum atomic E-state index is 12.7. The SMILES string of the molecule is COC(Cc1cccc(C(F)(F)F)c1)CN1CCCCC1. The highest BCUT2D eigenvalue weighted by atomic mass is 19.4. The number of rotatable bonds is 5. The van der Waals surface area contributed by atoms with E-state index < -0.39 is 11.7 Å². The number of piperidine rings is 1. The molecule has 1 heterocycles. The van der Waals surface area contributed by atoms with Gasteiger partial charge >= 0.3 is 6.18 Å². The number of hydrogen-bond acceptors (Lipinski definition) is 2. The van der Waals surface area contributed by atoms with Gasteiger partial charge in [-0.25, -0.2) is 0 Å². The van der Waals surface area contributed by atoms with Gasteiger partial charge in [-0.3, -0.25) is 0 Å². The lowest BCUT2D eigenvalue weighted by Gasteiger charge is -2.30. The fraction of sp³-hybridized carbons (Fsp3) is 0.625. The van der Waals surface area contributed by atoms with Gasteiger partial charge in [0.2, 0.25) is 0 Å². The maximum Gasteiger partial charge on any atom is 0.416 e. The van der Waals surface area contributed by atoms with Gasteiger partial charge in [0, 0.05) is 13.7 Å². The number of likely N-dealkylation sites (tertiary alicyclic amines) is 1. The number of halogens is 3. The third kappa shape index (κ3) is 5.00. The van der Waals surface area contributed by atoms with Crippen LogP contribution < -0.4 is 0 Å². The smallest absolute Gasteiger partial charge is 0.380 e. The van der Waals surface area contributed by atoms with Gasteiger partial charge in [0.15, 0.2) is 0 Å². The lowest BCUT2D eigenvalue weighted by atomic mass is 10.0. The summed E-state index contributed by atoms with van der Waals surface area (Å²) in [6.07, 6.45) is -0.184. The van der Waals surface area contributed by atoms with Crippen molar-refractivity contribution in [3.8, 4) is 0 Å². The monoisotopic (exact) mass is 301 g/mol. The van der Waals surface area contributed by atoms with Crippen LogP contribution in [0.25, 0.3) is 0 Å². The highest BCUT2D eigenvalue weighted by Gasteiger charge is 2.30. The second-order valence-electron chi connectivity index (χ2n) is 5.62. The van der Waals surface area contributed by atoms with Crippen molar-refractivity contribution < 1.29 is 17.9 Å². The van der Waals surface area contributed by atoms with Gasteiger partial charge in [0.1, 0.15) is 0 Å². The Labute approximate surface area is 123 Å². The molecule has 1 fully saturated rings. The van der Waals surface area contributed by atoms with E-state index >= 15 is 0 Å². The second kappa shape index (κ2) is 7.27. The van der Waals surface area contributed by atoms with Crippen LogP contribution in [0.4, 0.5) is 13.2 Å². The minimum Gasteiger partial charge on any atom is -0.380 e. The van der Waals surface area contributed by atoms with Gasteiger partial charge < -0.3 is 9.64 Å². The molecular formula is C16H22F3NO. The molecule has 0 aromatic heterocycles. The number of alkyl halides is 3. The van der Waals surface area contributed by atoms with Crippen molar-refractivity contribution in [3.63, 3.8) is 0 Å². The van der Waals surface area contributed by atoms with Gasteiger partial charge in [0.25, 0.3) is 0 Å². The molecule has 0 N–H and O–H groups in total. The highest BCUT2D eigenvalue weighted by molar-refractivity contribution is 5.26. The molecule has 0 amide bonds. The molecular weight excluding hydrogens is 279 g/mol. The Bertz CT molecular complexity index is 441. The minimum atomic E-state index is -4.29. The molecule has 1 aliphatic heterocycles. The molecule has 1 aromatic rings. The molecule has 0 aliphatic carbocycles. The zero-order chi connectivity index (χ0) is 15.3. The Morgan fingerprint density at radius 2 is 1.90 bits per heavy atom. The van der Waals surface area contributed by atoms with Crippen molar-refractivity contribution >= 4 is 0 Å². The molecule has 2 nitrogen and oxygen atoms in total. The van der Waals surface area contributed by atoms with Crippen LogP contribution in [-0.4, -0.2) is 37.7 Å². The number of ether oxygens (including phenoxy) is 1. The predicted octanol–water partition coefficient (Wildman–Crippen LogP) is 3.75. The van der Waals surface area contributed by atoms with E-state index in [2.05, 4.69) is 4.90 Å². The topological polar surface area (TPSA) is 12.5 Å². The summed E-state index contributed by atoms with van der Waals surface area (Å²) in [7, 11) is 1.63. The Kier molecular flexibility index (Phi) is 5.65. The van der Waals surface area contributed by atoms with E-state index in [1.807, 2.05) is 0 Å². The van der Waals surface area contributed by atoms with Crippen LogP contribution in [0.2, 0.25) is 0 Å². The summed E-state index contributed by atoms with van der Waals surface area (Å²) >= 11 is 0. The summed E-state index contributed by atoms with van der Waals surface area (Å²) in [5.74, 6) is 0. The minimum absolute atomic E-state index is 0.0633. The average Bonchev–Trinajstić information content (AvgIpc) is 2.47. The zero-order valence-electron chi connectivity index (χ0n) is 12.3. The first-order chi connectivity index (χ1) is 9.99. The van der Waals surface area contributed by atoms with Crippen molar-refractivity contribution in [3.05, 3.63) is 35.4 Å². The molecule has 1 atom stereocenters. The van der Waals surface area contributed by atoms with Crippen molar-refractivity contribution in [2.45, 2.75) is 38.0 Å². The van der Waals surface area contributed by atoms with Gasteiger partial charge in [0.05, 0.1) is 11.7 Å². The molecule has 21 heavy (non-hydrogen) atoms. The summed E-state index contributed by atoms with van der Waals surface area (Å²) in [6.45, 7) is 2.90. The number of benzene rings is 1. The molecule has 0 radical (unpaired) electrons. The van der Waals surface area contributed by atoms with Crippen LogP contribution in [0, 0.1) is 0 Å². The van der Waals surface area contributed by atoms with Gasteiger partial charge in [-0.2, -0.15) is 13.2 Å². The fourth-order valence-electron chi connectivity index (χ4n) is 2.79. The van der Waals surface area contributed by atoms with Crippen LogP contribution >= 0.6 is 0 Å². The Morgan fingerprint density at radius 1 is 1.19 bits per heavy atom. The molecule has 2 rings (SSSR count). The molecule has 1 unspecified atom stereocenters. The van der Waals surface area contributed by atoms with Crippen molar-refractivity contribution in [2.24, 2.45) is 0 Å². The van der Waals surface area contributed by atoms with Crippen LogP contribution in [0.3, 0.4) is 0 Å². The third-order valence-corrected chi connectivity index (χ3v) is 3.96. The molecule has 118 valence electrons. The van der Waals surface area contributed by atoms with Crippen molar-refractivity contribution in [1.82, 2.24) is 4.90 Å². The highest BCUT2D eigenvalue weighted by Crippen LogP contribution is 2.29. The van der Waals surface area contributed by atoms with Crippen molar-refractivity contribution in [2.75, 3.05) is 26.7 Å². The molecule has 1 aliphatic rings. The largest absolute Gasteiger partial charge is 0.416 e. The van der Waals surface area contributed by atoms with Crippen LogP contribution in [0.1, 0.15) is 30.4 Å². The van der Waals surface area contributed by atoms with E-state index in [9.17, 15) is 13.2 Å². The van der Waals surface area contributed by atoms with Crippen LogP contribution in [-0.2, 0) is 17.3 Å². The maximum absolute atomic E-state index is 12.7. The lowest BCUT2D eigenvalue weighted by molar-refractivity contribution is -0.137. The zero-order valence-corrected chi connectivity index (χ0v) is 12.3. The summed E-state index contributed by atoms with van der Waals surface area (Å²) < 4.78 is 43.6. The van der Waals surface area contributed by atoms with Crippen molar-refractivity contribution in [1.29, 1.82) is 0 Å². The standard InChI is InChI=1S/C16H22F3NO/c1-21-15(12-20-8-3-2-4-9-20)11-13-6-5-7-14(10-13)16(17,18)19/h5-7,10,15H,2-4,8-9,11-12H2,1H3. The number of hydrogen-bond donors (Lipinski definition) is 0. The molecule has 0 saturated carbocycles. The average molecular weight is 301 g/mol. The van der Waals surface area contributed by atoms with Crippen LogP contribution in [0.5, 0.6) is 0 Å². The van der Waals surface area contributed by atoms with E-state index in [4.69, 9.17) is 4.74 Å². The first kappa shape index (κ1) is 16.3. The third-order valence-electron chi connectivity index (χ3n) is 3.96. The predicted molar refractivity (Wildman–Crippen MR) is 76.2 cm³/mol. The van der Waals surface area contributed by atoms with Crippen LogP contribution in [0.15, 0.2) is 24.3 Å². The van der Waals surface area contributed by atoms with E-state index in [-0.39, 0.29) is 6.10 Å². The lowest BCUT2D eigenvalue weighted by Crippen LogP contribution is -2.38. The molecule has 5 heteroatoms. The first-order valence-corrected chi connectivity index (χ1v) is 7.40. The molecule has 0 bridgehead atoms. The second-order valence-corrected chi connectivity index (χ2v) is 5.62.